The van der Waals surface area contributed by atoms with Gasteiger partial charge in [-0.1, -0.05) is 0 Å². The Hall–Kier alpha value is -1.74. The third kappa shape index (κ3) is 2.88. The zero-order valence-electron chi connectivity index (χ0n) is 9.85. The van der Waals surface area contributed by atoms with Crippen LogP contribution in [0.25, 0.3) is 0 Å². The molecule has 0 unspecified atom stereocenters. The van der Waals surface area contributed by atoms with Crippen LogP contribution in [-0.4, -0.2) is 28.9 Å². The molecule has 92 valence electrons. The maximum atomic E-state index is 11.5. The summed E-state index contributed by atoms with van der Waals surface area (Å²) in [5.41, 5.74) is 0.597. The second kappa shape index (κ2) is 5.06. The van der Waals surface area contributed by atoms with Crippen molar-refractivity contribution in [1.29, 1.82) is 5.26 Å². The maximum Gasteiger partial charge on any atom is 0.179 e. The van der Waals surface area contributed by atoms with E-state index in [4.69, 9.17) is 14.7 Å². The molecule has 6 heteroatoms. The Morgan fingerprint density at radius 2 is 1.82 bits per heavy atom. The Morgan fingerprint density at radius 3 is 2.24 bits per heavy atom. The van der Waals surface area contributed by atoms with Crippen LogP contribution in [0.1, 0.15) is 5.56 Å². The molecule has 0 radical (unpaired) electrons. The Labute approximate surface area is 101 Å². The van der Waals surface area contributed by atoms with Crippen molar-refractivity contribution in [3.8, 4) is 17.6 Å². The van der Waals surface area contributed by atoms with E-state index in [0.29, 0.717) is 11.3 Å². The summed E-state index contributed by atoms with van der Waals surface area (Å²) in [5.74, 6) is 0.589. The highest BCUT2D eigenvalue weighted by molar-refractivity contribution is 7.90. The summed E-state index contributed by atoms with van der Waals surface area (Å²) in [6.07, 6.45) is 1.22. The molecule has 0 saturated carbocycles. The van der Waals surface area contributed by atoms with Crippen LogP contribution in [0.4, 0.5) is 0 Å². The molecule has 0 aliphatic rings. The van der Waals surface area contributed by atoms with Crippen molar-refractivity contribution in [2.24, 2.45) is 0 Å². The SMILES string of the molecule is COc1cc(S(C)(=O)=O)c(OC)cc1CC#N. The minimum atomic E-state index is -3.40. The van der Waals surface area contributed by atoms with Gasteiger partial charge >= 0.3 is 0 Å². The van der Waals surface area contributed by atoms with E-state index in [9.17, 15) is 8.42 Å². The van der Waals surface area contributed by atoms with E-state index in [1.165, 1.54) is 26.4 Å². The summed E-state index contributed by atoms with van der Waals surface area (Å²) in [6, 6.07) is 4.87. The van der Waals surface area contributed by atoms with Crippen LogP contribution in [0.2, 0.25) is 0 Å². The Morgan fingerprint density at radius 1 is 1.24 bits per heavy atom. The predicted molar refractivity (Wildman–Crippen MR) is 62.0 cm³/mol. The summed E-state index contributed by atoms with van der Waals surface area (Å²) < 4.78 is 33.2. The Balaban J connectivity index is 3.50. The van der Waals surface area contributed by atoms with Gasteiger partial charge in [0.1, 0.15) is 16.4 Å². The molecule has 1 aromatic carbocycles. The fraction of sp³-hybridized carbons (Fsp3) is 0.364. The van der Waals surface area contributed by atoms with Gasteiger partial charge in [-0.2, -0.15) is 5.26 Å². The number of nitrogens with zero attached hydrogens (tertiary/aromatic N) is 1. The van der Waals surface area contributed by atoms with Gasteiger partial charge < -0.3 is 9.47 Å². The van der Waals surface area contributed by atoms with Gasteiger partial charge in [-0.25, -0.2) is 8.42 Å². The Kier molecular flexibility index (Phi) is 3.97. The summed E-state index contributed by atoms with van der Waals surface area (Å²) in [6.45, 7) is 0. The first-order valence-electron chi connectivity index (χ1n) is 4.76. The quantitative estimate of drug-likeness (QED) is 0.807. The molecule has 1 rings (SSSR count). The average Bonchev–Trinajstić information content (AvgIpc) is 2.27. The van der Waals surface area contributed by atoms with Crippen LogP contribution in [0.5, 0.6) is 11.5 Å². The molecule has 0 spiro atoms. The molecule has 17 heavy (non-hydrogen) atoms. The second-order valence-corrected chi connectivity index (χ2v) is 5.41. The van der Waals surface area contributed by atoms with Crippen molar-refractivity contribution in [2.45, 2.75) is 11.3 Å². The summed E-state index contributed by atoms with van der Waals surface area (Å²) in [5, 5.41) is 8.67. The first-order valence-corrected chi connectivity index (χ1v) is 6.65. The summed E-state index contributed by atoms with van der Waals surface area (Å²) >= 11 is 0. The number of hydrogen-bond acceptors (Lipinski definition) is 5. The van der Waals surface area contributed by atoms with Crippen LogP contribution in [-0.2, 0) is 16.3 Å². The molecule has 5 nitrogen and oxygen atoms in total. The molecule has 0 aliphatic heterocycles. The molecule has 0 heterocycles. The molecule has 0 saturated heterocycles. The normalized spacial score (nSPS) is 10.7. The van der Waals surface area contributed by atoms with E-state index in [2.05, 4.69) is 0 Å². The number of nitriles is 1. The smallest absolute Gasteiger partial charge is 0.179 e. The molecule has 0 bridgehead atoms. The first-order chi connectivity index (χ1) is 7.93. The minimum Gasteiger partial charge on any atom is -0.496 e. The predicted octanol–water partition coefficient (Wildman–Crippen LogP) is 1.17. The molecule has 0 amide bonds. The van der Waals surface area contributed by atoms with Gasteiger partial charge in [-0.3, -0.25) is 0 Å². The lowest BCUT2D eigenvalue weighted by Gasteiger charge is -2.12. The van der Waals surface area contributed by atoms with Crippen molar-refractivity contribution >= 4 is 9.84 Å². The highest BCUT2D eigenvalue weighted by Crippen LogP contribution is 2.32. The standard InChI is InChI=1S/C11H13NO4S/c1-15-9-7-11(17(3,13)14)10(16-2)6-8(9)4-5-12/h6-7H,4H2,1-3H3. The van der Waals surface area contributed by atoms with Gasteiger partial charge in [0, 0.05) is 17.9 Å². The number of hydrogen-bond donors (Lipinski definition) is 0. The third-order valence-electron chi connectivity index (χ3n) is 2.24. The van der Waals surface area contributed by atoms with Crippen LogP contribution in [0.15, 0.2) is 17.0 Å². The molecule has 0 N–H and O–H groups in total. The number of rotatable bonds is 4. The van der Waals surface area contributed by atoms with Crippen LogP contribution < -0.4 is 9.47 Å². The fourth-order valence-electron chi connectivity index (χ4n) is 1.45. The number of benzene rings is 1. The zero-order chi connectivity index (χ0) is 13.1. The number of methoxy groups -OCH3 is 2. The van der Waals surface area contributed by atoms with Gasteiger partial charge in [-0.05, 0) is 6.07 Å². The van der Waals surface area contributed by atoms with Gasteiger partial charge in [0.05, 0.1) is 26.7 Å². The number of ether oxygens (including phenoxy) is 2. The van der Waals surface area contributed by atoms with Crippen molar-refractivity contribution in [3.05, 3.63) is 17.7 Å². The lowest BCUT2D eigenvalue weighted by molar-refractivity contribution is 0.389. The van der Waals surface area contributed by atoms with Crippen LogP contribution in [0, 0.1) is 11.3 Å². The molecular formula is C11H13NO4S. The minimum absolute atomic E-state index is 0.0542. The Bertz CT molecular complexity index is 558. The monoisotopic (exact) mass is 255 g/mol. The molecular weight excluding hydrogens is 242 g/mol. The third-order valence-corrected chi connectivity index (χ3v) is 3.35. The van der Waals surface area contributed by atoms with E-state index in [1.807, 2.05) is 6.07 Å². The highest BCUT2D eigenvalue weighted by Gasteiger charge is 2.18. The van der Waals surface area contributed by atoms with E-state index in [1.54, 1.807) is 0 Å². The largest absolute Gasteiger partial charge is 0.496 e. The second-order valence-electron chi connectivity index (χ2n) is 3.42. The number of sulfone groups is 1. The topological polar surface area (TPSA) is 76.4 Å². The van der Waals surface area contributed by atoms with Gasteiger partial charge in [-0.15, -0.1) is 0 Å². The van der Waals surface area contributed by atoms with Gasteiger partial charge in [0.2, 0.25) is 0 Å². The fourth-order valence-corrected chi connectivity index (χ4v) is 2.27. The molecule has 0 aliphatic carbocycles. The van der Waals surface area contributed by atoms with Crippen molar-refractivity contribution < 1.29 is 17.9 Å². The summed E-state index contributed by atoms with van der Waals surface area (Å²) in [7, 11) is -0.591. The van der Waals surface area contributed by atoms with Crippen LogP contribution >= 0.6 is 0 Å². The molecule has 0 aromatic heterocycles. The van der Waals surface area contributed by atoms with E-state index >= 15 is 0 Å². The first kappa shape index (κ1) is 13.3. The van der Waals surface area contributed by atoms with Crippen molar-refractivity contribution in [3.63, 3.8) is 0 Å². The van der Waals surface area contributed by atoms with Gasteiger partial charge in [0.15, 0.2) is 9.84 Å². The molecule has 0 atom stereocenters. The van der Waals surface area contributed by atoms with Gasteiger partial charge in [0.25, 0.3) is 0 Å². The lowest BCUT2D eigenvalue weighted by Crippen LogP contribution is -2.03. The molecule has 0 fully saturated rings. The molecule has 1 aromatic rings. The maximum absolute atomic E-state index is 11.5. The van der Waals surface area contributed by atoms with E-state index < -0.39 is 9.84 Å². The van der Waals surface area contributed by atoms with Crippen molar-refractivity contribution in [2.75, 3.05) is 20.5 Å². The van der Waals surface area contributed by atoms with Crippen molar-refractivity contribution in [1.82, 2.24) is 0 Å². The van der Waals surface area contributed by atoms with E-state index in [0.717, 1.165) is 6.26 Å². The summed E-state index contributed by atoms with van der Waals surface area (Å²) in [4.78, 5) is 0.0542. The van der Waals surface area contributed by atoms with E-state index in [-0.39, 0.29) is 17.1 Å². The zero-order valence-corrected chi connectivity index (χ0v) is 10.7. The highest BCUT2D eigenvalue weighted by atomic mass is 32.2. The average molecular weight is 255 g/mol. The van der Waals surface area contributed by atoms with Crippen LogP contribution in [0.3, 0.4) is 0 Å². The lowest BCUT2D eigenvalue weighted by atomic mass is 10.1.